The predicted octanol–water partition coefficient (Wildman–Crippen LogP) is 0.00300. The molecule has 2 aliphatic rings. The van der Waals surface area contributed by atoms with E-state index < -0.39 is 12.9 Å². The molecule has 0 amide bonds. The monoisotopic (exact) mass is 163 g/mol. The molecule has 2 rings (SSSR count). The molecule has 4 N–H and O–H groups in total. The van der Waals surface area contributed by atoms with Gasteiger partial charge in [-0.15, -0.1) is 0 Å². The van der Waals surface area contributed by atoms with E-state index in [-0.39, 0.29) is 5.41 Å². The number of hydrogen-bond acceptors (Lipinski definition) is 2. The quantitative estimate of drug-likeness (QED) is 0.475. The first-order chi connectivity index (χ1) is 4.41. The molecule has 2 aliphatic carbocycles. The molecule has 0 radical (unpaired) electrons. The van der Waals surface area contributed by atoms with Gasteiger partial charge in [0.1, 0.15) is 5.28 Å². The molecule has 2 fully saturated rings. The molecule has 0 aromatic heterocycles. The Hall–Kier alpha value is 0.110. The molecule has 1 atom stereocenters. The summed E-state index contributed by atoms with van der Waals surface area (Å²) in [7, 11) is -4.02. The highest BCUT2D eigenvalue weighted by molar-refractivity contribution is 7.54. The summed E-state index contributed by atoms with van der Waals surface area (Å²) in [5.41, 5.74) is 5.35. The van der Waals surface area contributed by atoms with Crippen LogP contribution < -0.4 is 5.73 Å². The topological polar surface area (TPSA) is 83.6 Å². The van der Waals surface area contributed by atoms with Crippen LogP contribution in [-0.2, 0) is 4.57 Å². The van der Waals surface area contributed by atoms with Crippen LogP contribution in [0.2, 0.25) is 0 Å². The van der Waals surface area contributed by atoms with Gasteiger partial charge in [0.25, 0.3) is 0 Å². The highest BCUT2D eigenvalue weighted by Gasteiger charge is 2.79. The van der Waals surface area contributed by atoms with E-state index in [0.717, 1.165) is 12.8 Å². The molecular formula is C5H10NO3P. The van der Waals surface area contributed by atoms with Gasteiger partial charge in [-0.1, -0.05) is 0 Å². The molecule has 0 aromatic carbocycles. The van der Waals surface area contributed by atoms with Gasteiger partial charge in [-0.2, -0.15) is 0 Å². The molecule has 0 aliphatic heterocycles. The molecule has 10 heavy (non-hydrogen) atoms. The van der Waals surface area contributed by atoms with E-state index >= 15 is 0 Å². The molecule has 5 heteroatoms. The first-order valence-electron chi connectivity index (χ1n) is 3.26. The number of nitrogens with two attached hydrogens (primary N) is 1. The van der Waals surface area contributed by atoms with Gasteiger partial charge in [-0.3, -0.25) is 4.57 Å². The SMILES string of the molecule is NC1(P(=O)(O)O)CC12CC2. The molecule has 2 saturated carbocycles. The highest BCUT2D eigenvalue weighted by atomic mass is 31.2. The maximum Gasteiger partial charge on any atom is 0.345 e. The molecule has 0 saturated heterocycles. The Morgan fingerprint density at radius 2 is 1.90 bits per heavy atom. The average molecular weight is 163 g/mol. The lowest BCUT2D eigenvalue weighted by molar-refractivity contribution is 0.349. The smallest absolute Gasteiger partial charge is 0.323 e. The van der Waals surface area contributed by atoms with Gasteiger partial charge in [0.15, 0.2) is 0 Å². The van der Waals surface area contributed by atoms with Gasteiger partial charge in [0, 0.05) is 5.41 Å². The Bertz CT molecular complexity index is 231. The second-order valence-corrected chi connectivity index (χ2v) is 5.31. The Balaban J connectivity index is 2.28. The minimum Gasteiger partial charge on any atom is -0.323 e. The third kappa shape index (κ3) is 0.558. The Labute approximate surface area is 58.6 Å². The standard InChI is InChI=1S/C5H10NO3P/c6-5(10(7,8)9)3-4(5)1-2-4/h1-3,6H2,(H2,7,8,9). The normalized spacial score (nSPS) is 41.9. The van der Waals surface area contributed by atoms with Crippen molar-refractivity contribution in [1.29, 1.82) is 0 Å². The second-order valence-electron chi connectivity index (χ2n) is 3.43. The highest BCUT2D eigenvalue weighted by Crippen LogP contribution is 2.82. The summed E-state index contributed by atoms with van der Waals surface area (Å²) in [5, 5.41) is -1.14. The van der Waals surface area contributed by atoms with E-state index in [2.05, 4.69) is 0 Å². The zero-order chi connectivity index (χ0) is 7.62. The average Bonchev–Trinajstić information content (AvgIpc) is 2.52. The van der Waals surface area contributed by atoms with Crippen molar-refractivity contribution in [3.05, 3.63) is 0 Å². The fraction of sp³-hybridized carbons (Fsp3) is 1.00. The van der Waals surface area contributed by atoms with Crippen molar-refractivity contribution in [2.45, 2.75) is 24.5 Å². The summed E-state index contributed by atoms with van der Waals surface area (Å²) in [4.78, 5) is 17.6. The van der Waals surface area contributed by atoms with Crippen LogP contribution in [0.25, 0.3) is 0 Å². The number of rotatable bonds is 1. The van der Waals surface area contributed by atoms with Crippen molar-refractivity contribution in [2.75, 3.05) is 0 Å². The summed E-state index contributed by atoms with van der Waals surface area (Å²) >= 11 is 0. The van der Waals surface area contributed by atoms with Crippen molar-refractivity contribution < 1.29 is 14.4 Å². The fourth-order valence-electron chi connectivity index (χ4n) is 1.64. The second kappa shape index (κ2) is 1.34. The molecular weight excluding hydrogens is 153 g/mol. The summed E-state index contributed by atoms with van der Waals surface area (Å²) in [6.45, 7) is 0. The lowest BCUT2D eigenvalue weighted by atomic mass is 10.4. The summed E-state index contributed by atoms with van der Waals surface area (Å²) in [6, 6.07) is 0. The summed E-state index contributed by atoms with van der Waals surface area (Å²) in [5.74, 6) is 0. The van der Waals surface area contributed by atoms with E-state index in [1.54, 1.807) is 0 Å². The zero-order valence-corrected chi connectivity index (χ0v) is 6.34. The summed E-state index contributed by atoms with van der Waals surface area (Å²) < 4.78 is 10.7. The Kier molecular flexibility index (Phi) is 0.914. The maximum atomic E-state index is 10.7. The van der Waals surface area contributed by atoms with Crippen molar-refractivity contribution >= 4 is 7.60 Å². The van der Waals surface area contributed by atoms with Crippen LogP contribution in [0, 0.1) is 5.41 Å². The zero-order valence-electron chi connectivity index (χ0n) is 5.45. The largest absolute Gasteiger partial charge is 0.345 e. The minimum absolute atomic E-state index is 0.147. The maximum absolute atomic E-state index is 10.7. The Morgan fingerprint density at radius 3 is 2.00 bits per heavy atom. The van der Waals surface area contributed by atoms with Crippen LogP contribution in [0.3, 0.4) is 0 Å². The van der Waals surface area contributed by atoms with Crippen molar-refractivity contribution in [1.82, 2.24) is 0 Å². The van der Waals surface area contributed by atoms with Crippen molar-refractivity contribution in [3.63, 3.8) is 0 Å². The lowest BCUT2D eigenvalue weighted by Crippen LogP contribution is -2.25. The molecule has 0 bridgehead atoms. The molecule has 0 aromatic rings. The van der Waals surface area contributed by atoms with Crippen molar-refractivity contribution in [2.24, 2.45) is 11.1 Å². The Morgan fingerprint density at radius 1 is 1.40 bits per heavy atom. The van der Waals surface area contributed by atoms with Crippen LogP contribution in [0.4, 0.5) is 0 Å². The molecule has 4 nitrogen and oxygen atoms in total. The summed E-state index contributed by atoms with van der Waals surface area (Å²) in [6.07, 6.45) is 2.31. The molecule has 1 unspecified atom stereocenters. The molecule has 0 heterocycles. The van der Waals surface area contributed by atoms with E-state index in [4.69, 9.17) is 15.5 Å². The third-order valence-corrected chi connectivity index (χ3v) is 4.45. The van der Waals surface area contributed by atoms with E-state index in [1.165, 1.54) is 0 Å². The van der Waals surface area contributed by atoms with Gasteiger partial charge >= 0.3 is 7.60 Å². The van der Waals surface area contributed by atoms with E-state index in [0.29, 0.717) is 6.42 Å². The number of hydrogen-bond donors (Lipinski definition) is 3. The van der Waals surface area contributed by atoms with Gasteiger partial charge in [-0.05, 0) is 19.3 Å². The molecule has 1 spiro atoms. The van der Waals surface area contributed by atoms with Gasteiger partial charge in [-0.25, -0.2) is 0 Å². The first kappa shape index (κ1) is 6.80. The van der Waals surface area contributed by atoms with Gasteiger partial charge in [0.05, 0.1) is 0 Å². The van der Waals surface area contributed by atoms with E-state index in [1.807, 2.05) is 0 Å². The minimum atomic E-state index is -4.02. The van der Waals surface area contributed by atoms with Crippen LogP contribution in [0.15, 0.2) is 0 Å². The van der Waals surface area contributed by atoms with Crippen molar-refractivity contribution in [3.8, 4) is 0 Å². The van der Waals surface area contributed by atoms with Gasteiger partial charge < -0.3 is 15.5 Å². The fourth-order valence-corrected chi connectivity index (χ4v) is 2.99. The predicted molar refractivity (Wildman–Crippen MR) is 35.2 cm³/mol. The third-order valence-electron chi connectivity index (χ3n) is 2.77. The molecule has 58 valence electrons. The van der Waals surface area contributed by atoms with Gasteiger partial charge in [0.2, 0.25) is 0 Å². The van der Waals surface area contributed by atoms with Crippen LogP contribution >= 0.6 is 7.60 Å². The van der Waals surface area contributed by atoms with Crippen LogP contribution in [0.5, 0.6) is 0 Å². The van der Waals surface area contributed by atoms with Crippen LogP contribution in [-0.4, -0.2) is 15.1 Å². The lowest BCUT2D eigenvalue weighted by Gasteiger charge is -2.11. The van der Waals surface area contributed by atoms with Crippen LogP contribution in [0.1, 0.15) is 19.3 Å². The van der Waals surface area contributed by atoms with E-state index in [9.17, 15) is 4.57 Å². The first-order valence-corrected chi connectivity index (χ1v) is 4.87.